The van der Waals surface area contributed by atoms with Crippen molar-refractivity contribution in [1.29, 1.82) is 0 Å². The Morgan fingerprint density at radius 3 is 2.48 bits per heavy atom. The Kier molecular flexibility index (Phi) is 5.43. The van der Waals surface area contributed by atoms with E-state index in [1.807, 2.05) is 12.1 Å². The van der Waals surface area contributed by atoms with E-state index in [1.165, 1.54) is 29.7 Å². The minimum absolute atomic E-state index is 0.259. The predicted molar refractivity (Wildman–Crippen MR) is 91.6 cm³/mol. The fourth-order valence-electron chi connectivity index (χ4n) is 2.93. The van der Waals surface area contributed by atoms with Crippen LogP contribution in [0.1, 0.15) is 39.9 Å². The molecule has 0 atom stereocenters. The number of benzene rings is 2. The van der Waals surface area contributed by atoms with Gasteiger partial charge in [0.25, 0.3) is 5.91 Å². The van der Waals surface area contributed by atoms with E-state index in [0.717, 1.165) is 24.8 Å². The van der Waals surface area contributed by atoms with Crippen molar-refractivity contribution in [2.75, 3.05) is 6.61 Å². The smallest absolute Gasteiger partial charge is 0.338 e. The summed E-state index contributed by atoms with van der Waals surface area (Å²) in [5, 5.41) is 2.64. The number of amides is 1. The lowest BCUT2D eigenvalue weighted by molar-refractivity contribution is -0.124. The van der Waals surface area contributed by atoms with Crippen molar-refractivity contribution in [3.8, 4) is 0 Å². The minimum atomic E-state index is -0.495. The fourth-order valence-corrected chi connectivity index (χ4v) is 2.93. The fraction of sp³-hybridized carbons (Fsp3) is 0.300. The van der Waals surface area contributed by atoms with Crippen LogP contribution in [0.15, 0.2) is 42.5 Å². The highest BCUT2D eigenvalue weighted by atomic mass is 19.1. The number of carbonyl (C=O) groups excluding carboxylic acids is 2. The SMILES string of the molecule is O=C(COC(=O)c1ccc2c(c1)CCCC2)NCc1ccc(F)cc1. The molecule has 0 heterocycles. The van der Waals surface area contributed by atoms with Crippen molar-refractivity contribution in [3.05, 3.63) is 70.5 Å². The molecule has 1 amide bonds. The van der Waals surface area contributed by atoms with Gasteiger partial charge in [0, 0.05) is 6.54 Å². The Labute approximate surface area is 146 Å². The van der Waals surface area contributed by atoms with Crippen molar-refractivity contribution in [2.24, 2.45) is 0 Å². The molecule has 2 aromatic carbocycles. The quantitative estimate of drug-likeness (QED) is 0.850. The molecule has 1 aliphatic carbocycles. The van der Waals surface area contributed by atoms with Gasteiger partial charge in [-0.1, -0.05) is 18.2 Å². The molecule has 0 aliphatic heterocycles. The molecule has 5 heteroatoms. The number of esters is 1. The molecule has 1 N–H and O–H groups in total. The van der Waals surface area contributed by atoms with Crippen LogP contribution in [0.5, 0.6) is 0 Å². The summed E-state index contributed by atoms with van der Waals surface area (Å²) < 4.78 is 17.9. The maximum atomic E-state index is 12.8. The second-order valence-electron chi connectivity index (χ2n) is 6.17. The van der Waals surface area contributed by atoms with Gasteiger partial charge in [0.05, 0.1) is 5.56 Å². The number of carbonyl (C=O) groups is 2. The average Bonchev–Trinajstić information content (AvgIpc) is 2.65. The van der Waals surface area contributed by atoms with Gasteiger partial charge in [-0.25, -0.2) is 9.18 Å². The van der Waals surface area contributed by atoms with E-state index in [4.69, 9.17) is 4.74 Å². The molecule has 2 aromatic rings. The van der Waals surface area contributed by atoms with Crippen molar-refractivity contribution in [1.82, 2.24) is 5.32 Å². The molecule has 0 saturated carbocycles. The maximum absolute atomic E-state index is 12.8. The van der Waals surface area contributed by atoms with Crippen LogP contribution in [0.25, 0.3) is 0 Å². The molecule has 0 unspecified atom stereocenters. The molecule has 1 aliphatic rings. The summed E-state index contributed by atoms with van der Waals surface area (Å²) in [6.45, 7) is -0.0768. The van der Waals surface area contributed by atoms with Crippen molar-refractivity contribution in [2.45, 2.75) is 32.2 Å². The van der Waals surface area contributed by atoms with E-state index in [2.05, 4.69) is 5.32 Å². The summed E-state index contributed by atoms with van der Waals surface area (Å²) in [4.78, 5) is 23.9. The first-order valence-electron chi connectivity index (χ1n) is 8.42. The molecule has 25 heavy (non-hydrogen) atoms. The molecule has 4 nitrogen and oxygen atoms in total. The van der Waals surface area contributed by atoms with Gasteiger partial charge < -0.3 is 10.1 Å². The summed E-state index contributed by atoms with van der Waals surface area (Å²) in [5.41, 5.74) is 3.74. The number of aryl methyl sites for hydroxylation is 2. The van der Waals surface area contributed by atoms with Crippen molar-refractivity contribution < 1.29 is 18.7 Å². The maximum Gasteiger partial charge on any atom is 0.338 e. The van der Waals surface area contributed by atoms with Gasteiger partial charge in [0.15, 0.2) is 6.61 Å². The van der Waals surface area contributed by atoms with Crippen LogP contribution in [0.2, 0.25) is 0 Å². The third kappa shape index (κ3) is 4.66. The number of ether oxygens (including phenoxy) is 1. The van der Waals surface area contributed by atoms with Crippen molar-refractivity contribution in [3.63, 3.8) is 0 Å². The summed E-state index contributed by atoms with van der Waals surface area (Å²) in [5.74, 6) is -1.21. The Hall–Kier alpha value is -2.69. The van der Waals surface area contributed by atoms with Gasteiger partial charge in [-0.15, -0.1) is 0 Å². The van der Waals surface area contributed by atoms with Crippen LogP contribution in [-0.2, 0) is 28.9 Å². The van der Waals surface area contributed by atoms with E-state index >= 15 is 0 Å². The summed E-state index contributed by atoms with van der Waals surface area (Å²) in [6.07, 6.45) is 4.35. The highest BCUT2D eigenvalue weighted by Gasteiger charge is 2.14. The zero-order valence-electron chi connectivity index (χ0n) is 13.9. The molecule has 3 rings (SSSR count). The van der Waals surface area contributed by atoms with E-state index < -0.39 is 11.9 Å². The van der Waals surface area contributed by atoms with Crippen LogP contribution in [0, 0.1) is 5.82 Å². The predicted octanol–water partition coefficient (Wildman–Crippen LogP) is 3.18. The third-order valence-corrected chi connectivity index (χ3v) is 4.32. The summed E-state index contributed by atoms with van der Waals surface area (Å²) in [6, 6.07) is 11.4. The van der Waals surface area contributed by atoms with Crippen LogP contribution in [-0.4, -0.2) is 18.5 Å². The number of nitrogens with one attached hydrogen (secondary N) is 1. The first-order chi connectivity index (χ1) is 12.1. The number of hydrogen-bond donors (Lipinski definition) is 1. The van der Waals surface area contributed by atoms with Gasteiger partial charge >= 0.3 is 5.97 Å². The van der Waals surface area contributed by atoms with Crippen molar-refractivity contribution >= 4 is 11.9 Å². The molecule has 0 aromatic heterocycles. The lowest BCUT2D eigenvalue weighted by atomic mass is 9.90. The molecular formula is C20H20FNO3. The van der Waals surface area contributed by atoms with Crippen LogP contribution < -0.4 is 5.32 Å². The normalized spacial score (nSPS) is 13.0. The van der Waals surface area contributed by atoms with Crippen LogP contribution in [0.3, 0.4) is 0 Å². The number of halogens is 1. The largest absolute Gasteiger partial charge is 0.452 e. The molecule has 0 fully saturated rings. The Morgan fingerprint density at radius 1 is 1.00 bits per heavy atom. The molecule has 0 spiro atoms. The topological polar surface area (TPSA) is 55.4 Å². The van der Waals surface area contributed by atoms with E-state index in [0.29, 0.717) is 5.56 Å². The molecule has 130 valence electrons. The first-order valence-corrected chi connectivity index (χ1v) is 8.42. The zero-order valence-corrected chi connectivity index (χ0v) is 13.9. The number of hydrogen-bond acceptors (Lipinski definition) is 3. The highest BCUT2D eigenvalue weighted by molar-refractivity contribution is 5.91. The van der Waals surface area contributed by atoms with Gasteiger partial charge in [-0.3, -0.25) is 4.79 Å². The summed E-state index contributed by atoms with van der Waals surface area (Å²) in [7, 11) is 0. The Balaban J connectivity index is 1.48. The van der Waals surface area contributed by atoms with Gasteiger partial charge in [-0.2, -0.15) is 0 Å². The number of fused-ring (bicyclic) bond motifs is 1. The lowest BCUT2D eigenvalue weighted by Gasteiger charge is -2.16. The standard InChI is InChI=1S/C20H20FNO3/c21-18-9-5-14(6-10-18)12-22-19(23)13-25-20(24)17-8-7-15-3-1-2-4-16(15)11-17/h5-11H,1-4,12-13H2,(H,22,23). The average molecular weight is 341 g/mol. The van der Waals surface area contributed by atoms with E-state index in [1.54, 1.807) is 18.2 Å². The van der Waals surface area contributed by atoms with E-state index in [-0.39, 0.29) is 19.0 Å². The first kappa shape index (κ1) is 17.1. The Morgan fingerprint density at radius 2 is 1.72 bits per heavy atom. The lowest BCUT2D eigenvalue weighted by Crippen LogP contribution is -2.28. The zero-order chi connectivity index (χ0) is 17.6. The van der Waals surface area contributed by atoms with E-state index in [9.17, 15) is 14.0 Å². The van der Waals surface area contributed by atoms with Crippen LogP contribution in [0.4, 0.5) is 4.39 Å². The second-order valence-corrected chi connectivity index (χ2v) is 6.17. The molecular weight excluding hydrogens is 321 g/mol. The minimum Gasteiger partial charge on any atom is -0.452 e. The van der Waals surface area contributed by atoms with Gasteiger partial charge in [0.1, 0.15) is 5.82 Å². The molecule has 0 bridgehead atoms. The third-order valence-electron chi connectivity index (χ3n) is 4.32. The van der Waals surface area contributed by atoms with Gasteiger partial charge in [0.2, 0.25) is 0 Å². The Bertz CT molecular complexity index is 771. The molecule has 0 saturated heterocycles. The highest BCUT2D eigenvalue weighted by Crippen LogP contribution is 2.22. The monoisotopic (exact) mass is 341 g/mol. The summed E-state index contributed by atoms with van der Waals surface area (Å²) >= 11 is 0. The van der Waals surface area contributed by atoms with Crippen LogP contribution >= 0.6 is 0 Å². The molecule has 0 radical (unpaired) electrons. The number of rotatable bonds is 5. The van der Waals surface area contributed by atoms with Gasteiger partial charge in [-0.05, 0) is 66.6 Å². The second kappa shape index (κ2) is 7.92.